The van der Waals surface area contributed by atoms with E-state index in [9.17, 15) is 0 Å². The number of nitrogens with one attached hydrogen (secondary N) is 2. The number of guanidine groups is 1. The molecule has 0 atom stereocenters. The van der Waals surface area contributed by atoms with Crippen LogP contribution < -0.4 is 15.5 Å². The molecular weight excluding hydrogens is 342 g/mol. The standard InChI is InChI=1S/C20H31N5S/c1-5-21-20(23-15-19-24-16(2)17(3)26-19)22-13-9-10-14-25(4)18-11-7-6-8-12-18/h6-8,11-12H,5,9-10,13-15H2,1-4H3,(H2,21,22,23). The molecule has 1 aromatic carbocycles. The summed E-state index contributed by atoms with van der Waals surface area (Å²) in [6.45, 7) is 9.71. The van der Waals surface area contributed by atoms with Crippen LogP contribution in [0.2, 0.25) is 0 Å². The first-order chi connectivity index (χ1) is 12.6. The largest absolute Gasteiger partial charge is 0.375 e. The van der Waals surface area contributed by atoms with E-state index >= 15 is 0 Å². The van der Waals surface area contributed by atoms with Gasteiger partial charge in [-0.05, 0) is 45.7 Å². The van der Waals surface area contributed by atoms with Crippen molar-refractivity contribution < 1.29 is 0 Å². The summed E-state index contributed by atoms with van der Waals surface area (Å²) in [5.74, 6) is 0.870. The van der Waals surface area contributed by atoms with Crippen LogP contribution in [0.15, 0.2) is 35.3 Å². The molecule has 0 fully saturated rings. The van der Waals surface area contributed by atoms with Gasteiger partial charge in [0.2, 0.25) is 0 Å². The maximum Gasteiger partial charge on any atom is 0.191 e. The fourth-order valence-corrected chi connectivity index (χ4v) is 3.45. The zero-order valence-electron chi connectivity index (χ0n) is 16.4. The molecular formula is C20H31N5S. The van der Waals surface area contributed by atoms with Gasteiger partial charge in [0, 0.05) is 37.2 Å². The Morgan fingerprint density at radius 2 is 1.92 bits per heavy atom. The summed E-state index contributed by atoms with van der Waals surface area (Å²) < 4.78 is 0. The van der Waals surface area contributed by atoms with Crippen molar-refractivity contribution in [3.8, 4) is 0 Å². The molecule has 0 amide bonds. The third-order valence-electron chi connectivity index (χ3n) is 4.20. The molecule has 6 heteroatoms. The van der Waals surface area contributed by atoms with E-state index < -0.39 is 0 Å². The molecule has 0 saturated carbocycles. The van der Waals surface area contributed by atoms with Crippen molar-refractivity contribution in [1.82, 2.24) is 15.6 Å². The molecule has 142 valence electrons. The van der Waals surface area contributed by atoms with Gasteiger partial charge < -0.3 is 15.5 Å². The molecule has 1 heterocycles. The summed E-state index contributed by atoms with van der Waals surface area (Å²) in [5.41, 5.74) is 2.38. The zero-order valence-corrected chi connectivity index (χ0v) is 17.2. The van der Waals surface area contributed by atoms with Crippen LogP contribution in [0.1, 0.15) is 35.3 Å². The van der Waals surface area contributed by atoms with Gasteiger partial charge in [-0.15, -0.1) is 11.3 Å². The van der Waals surface area contributed by atoms with Crippen LogP contribution in [-0.2, 0) is 6.54 Å². The number of nitrogens with zero attached hydrogens (tertiary/aromatic N) is 3. The normalized spacial score (nSPS) is 11.5. The molecule has 2 rings (SSSR count). The van der Waals surface area contributed by atoms with E-state index in [4.69, 9.17) is 0 Å². The second-order valence-corrected chi connectivity index (χ2v) is 7.62. The van der Waals surface area contributed by atoms with Crippen LogP contribution in [0, 0.1) is 13.8 Å². The fraction of sp³-hybridized carbons (Fsp3) is 0.500. The van der Waals surface area contributed by atoms with Gasteiger partial charge in [0.05, 0.1) is 12.2 Å². The number of rotatable bonds is 9. The highest BCUT2D eigenvalue weighted by Gasteiger charge is 2.04. The smallest absolute Gasteiger partial charge is 0.191 e. The van der Waals surface area contributed by atoms with E-state index in [-0.39, 0.29) is 0 Å². The molecule has 0 radical (unpaired) electrons. The van der Waals surface area contributed by atoms with Gasteiger partial charge in [-0.3, -0.25) is 0 Å². The highest BCUT2D eigenvalue weighted by molar-refractivity contribution is 7.11. The van der Waals surface area contributed by atoms with Crippen molar-refractivity contribution in [3.63, 3.8) is 0 Å². The van der Waals surface area contributed by atoms with Gasteiger partial charge in [-0.1, -0.05) is 18.2 Å². The van der Waals surface area contributed by atoms with Gasteiger partial charge in [-0.2, -0.15) is 0 Å². The molecule has 0 aliphatic rings. The maximum atomic E-state index is 4.65. The van der Waals surface area contributed by atoms with Crippen molar-refractivity contribution in [3.05, 3.63) is 45.9 Å². The summed E-state index contributed by atoms with van der Waals surface area (Å²) in [7, 11) is 2.15. The number of benzene rings is 1. The lowest BCUT2D eigenvalue weighted by atomic mass is 10.2. The first-order valence-corrected chi connectivity index (χ1v) is 10.1. The topological polar surface area (TPSA) is 52.6 Å². The van der Waals surface area contributed by atoms with E-state index in [1.807, 2.05) is 0 Å². The number of hydrogen-bond donors (Lipinski definition) is 2. The minimum Gasteiger partial charge on any atom is -0.375 e. The molecule has 0 spiro atoms. The van der Waals surface area contributed by atoms with Crippen LogP contribution in [0.25, 0.3) is 0 Å². The van der Waals surface area contributed by atoms with Gasteiger partial charge in [-0.25, -0.2) is 9.98 Å². The fourth-order valence-electron chi connectivity index (χ4n) is 2.59. The molecule has 2 aromatic rings. The average molecular weight is 374 g/mol. The zero-order chi connectivity index (χ0) is 18.8. The number of hydrogen-bond acceptors (Lipinski definition) is 4. The highest BCUT2D eigenvalue weighted by Crippen LogP contribution is 2.17. The Labute approximate surface area is 161 Å². The van der Waals surface area contributed by atoms with Crippen molar-refractivity contribution >= 4 is 23.0 Å². The Bertz CT molecular complexity index is 661. The SMILES string of the molecule is CCNC(=NCc1nc(C)c(C)s1)NCCCCN(C)c1ccccc1. The van der Waals surface area contributed by atoms with Crippen molar-refractivity contribution in [1.29, 1.82) is 0 Å². The number of aromatic nitrogens is 1. The lowest BCUT2D eigenvalue weighted by molar-refractivity contribution is 0.687. The first kappa shape index (κ1) is 20.2. The maximum absolute atomic E-state index is 4.65. The average Bonchev–Trinajstić information content (AvgIpc) is 2.97. The molecule has 0 bridgehead atoms. The van der Waals surface area contributed by atoms with Gasteiger partial charge >= 0.3 is 0 Å². The number of thiazole rings is 1. The third kappa shape index (κ3) is 6.67. The predicted molar refractivity (Wildman–Crippen MR) is 113 cm³/mol. The Kier molecular flexibility index (Phi) is 8.41. The minimum absolute atomic E-state index is 0.630. The molecule has 2 N–H and O–H groups in total. The third-order valence-corrected chi connectivity index (χ3v) is 5.26. The number of para-hydroxylation sites is 1. The monoisotopic (exact) mass is 373 g/mol. The summed E-state index contributed by atoms with van der Waals surface area (Å²) in [5, 5.41) is 7.80. The van der Waals surface area contributed by atoms with Crippen LogP contribution >= 0.6 is 11.3 Å². The molecule has 26 heavy (non-hydrogen) atoms. The summed E-state index contributed by atoms with van der Waals surface area (Å²) in [6, 6.07) is 10.5. The molecule has 1 aromatic heterocycles. The van der Waals surface area contributed by atoms with E-state index in [0.717, 1.165) is 49.1 Å². The van der Waals surface area contributed by atoms with Gasteiger partial charge in [0.1, 0.15) is 5.01 Å². The first-order valence-electron chi connectivity index (χ1n) is 9.31. The number of aryl methyl sites for hydroxylation is 2. The molecule has 5 nitrogen and oxygen atoms in total. The summed E-state index contributed by atoms with van der Waals surface area (Å²) in [6.07, 6.45) is 2.25. The van der Waals surface area contributed by atoms with Crippen molar-refractivity contribution in [2.24, 2.45) is 4.99 Å². The lowest BCUT2D eigenvalue weighted by Gasteiger charge is -2.19. The second-order valence-electron chi connectivity index (χ2n) is 6.34. The Balaban J connectivity index is 1.71. The van der Waals surface area contributed by atoms with Crippen LogP contribution in [0.3, 0.4) is 0 Å². The Morgan fingerprint density at radius 1 is 1.15 bits per heavy atom. The lowest BCUT2D eigenvalue weighted by Crippen LogP contribution is -2.38. The molecule has 0 aliphatic carbocycles. The quantitative estimate of drug-likeness (QED) is 0.399. The number of unbranched alkanes of at least 4 members (excludes halogenated alkanes) is 1. The molecule has 0 aliphatic heterocycles. The van der Waals surface area contributed by atoms with Crippen LogP contribution in [0.4, 0.5) is 5.69 Å². The Hall–Kier alpha value is -2.08. The number of aliphatic imine (C=N–C) groups is 1. The molecule has 0 unspecified atom stereocenters. The van der Waals surface area contributed by atoms with E-state index in [1.54, 1.807) is 11.3 Å². The Morgan fingerprint density at radius 3 is 2.58 bits per heavy atom. The van der Waals surface area contributed by atoms with Gasteiger partial charge in [0.25, 0.3) is 0 Å². The van der Waals surface area contributed by atoms with E-state index in [0.29, 0.717) is 6.54 Å². The number of anilines is 1. The van der Waals surface area contributed by atoms with Crippen molar-refractivity contribution in [2.75, 3.05) is 31.6 Å². The van der Waals surface area contributed by atoms with Gasteiger partial charge in [0.15, 0.2) is 5.96 Å². The summed E-state index contributed by atoms with van der Waals surface area (Å²) >= 11 is 1.73. The highest BCUT2D eigenvalue weighted by atomic mass is 32.1. The van der Waals surface area contributed by atoms with Crippen molar-refractivity contribution in [2.45, 2.75) is 40.2 Å². The van der Waals surface area contributed by atoms with Crippen LogP contribution in [-0.4, -0.2) is 37.6 Å². The van der Waals surface area contributed by atoms with Crippen LogP contribution in [0.5, 0.6) is 0 Å². The minimum atomic E-state index is 0.630. The predicted octanol–water partition coefficient (Wildman–Crippen LogP) is 3.73. The second kappa shape index (κ2) is 10.8. The summed E-state index contributed by atoms with van der Waals surface area (Å²) in [4.78, 5) is 12.8. The van der Waals surface area contributed by atoms with E-state index in [1.165, 1.54) is 10.6 Å². The van der Waals surface area contributed by atoms with E-state index in [2.05, 4.69) is 83.7 Å². The molecule has 0 saturated heterocycles.